The van der Waals surface area contributed by atoms with Gasteiger partial charge in [0.25, 0.3) is 0 Å². The van der Waals surface area contributed by atoms with Crippen molar-refractivity contribution in [2.24, 2.45) is 11.7 Å². The predicted octanol–water partition coefficient (Wildman–Crippen LogP) is 0.130. The van der Waals surface area contributed by atoms with Gasteiger partial charge in [-0.1, -0.05) is 0 Å². The van der Waals surface area contributed by atoms with Crippen LogP contribution in [0.15, 0.2) is 0 Å². The van der Waals surface area contributed by atoms with Gasteiger partial charge in [-0.2, -0.15) is 0 Å². The summed E-state index contributed by atoms with van der Waals surface area (Å²) < 4.78 is 5.02. The van der Waals surface area contributed by atoms with E-state index < -0.39 is 29.0 Å². The van der Waals surface area contributed by atoms with E-state index in [1.165, 1.54) is 0 Å². The highest BCUT2D eigenvalue weighted by molar-refractivity contribution is 5.93. The maximum atomic E-state index is 11.4. The molecule has 14 heavy (non-hydrogen) atoms. The zero-order valence-electron chi connectivity index (χ0n) is 8.53. The van der Waals surface area contributed by atoms with Crippen LogP contribution in [0.1, 0.15) is 27.2 Å². The molecule has 0 amide bonds. The molecule has 0 aromatic rings. The number of hydrogen-bond donors (Lipinski definition) is 2. The second-order valence-corrected chi connectivity index (χ2v) is 4.64. The average molecular weight is 201 g/mol. The van der Waals surface area contributed by atoms with Crippen molar-refractivity contribution in [2.45, 2.75) is 38.3 Å². The topological polar surface area (TPSA) is 89.6 Å². The number of carbonyl (C=O) groups excluding carboxylic acids is 1. The molecule has 2 atom stereocenters. The zero-order valence-corrected chi connectivity index (χ0v) is 8.53. The quantitative estimate of drug-likeness (QED) is 0.620. The molecule has 5 heteroatoms. The number of ether oxygens (including phenoxy) is 1. The molecule has 5 nitrogen and oxygen atoms in total. The van der Waals surface area contributed by atoms with Gasteiger partial charge in [-0.3, -0.25) is 9.59 Å². The Morgan fingerprint density at radius 2 is 2.00 bits per heavy atom. The van der Waals surface area contributed by atoms with Crippen molar-refractivity contribution >= 4 is 11.9 Å². The summed E-state index contributed by atoms with van der Waals surface area (Å²) in [5, 5.41) is 8.70. The molecule has 1 saturated carbocycles. The van der Waals surface area contributed by atoms with E-state index in [0.29, 0.717) is 0 Å². The van der Waals surface area contributed by atoms with Crippen molar-refractivity contribution in [3.8, 4) is 0 Å². The fourth-order valence-electron chi connectivity index (χ4n) is 1.18. The molecule has 0 spiro atoms. The maximum Gasteiger partial charge on any atom is 0.324 e. The molecule has 0 aromatic carbocycles. The summed E-state index contributed by atoms with van der Waals surface area (Å²) in [5.41, 5.74) is 3.45. The van der Waals surface area contributed by atoms with Gasteiger partial charge in [-0.25, -0.2) is 0 Å². The second kappa shape index (κ2) is 2.95. The van der Waals surface area contributed by atoms with Crippen molar-refractivity contribution in [1.29, 1.82) is 0 Å². The number of carbonyl (C=O) groups is 2. The minimum Gasteiger partial charge on any atom is -0.480 e. The van der Waals surface area contributed by atoms with Gasteiger partial charge >= 0.3 is 11.9 Å². The van der Waals surface area contributed by atoms with E-state index in [2.05, 4.69) is 0 Å². The van der Waals surface area contributed by atoms with Crippen LogP contribution >= 0.6 is 0 Å². The second-order valence-electron chi connectivity index (χ2n) is 4.64. The van der Waals surface area contributed by atoms with E-state index >= 15 is 0 Å². The van der Waals surface area contributed by atoms with Crippen LogP contribution in [0.2, 0.25) is 0 Å². The molecule has 1 aliphatic rings. The maximum absolute atomic E-state index is 11.4. The van der Waals surface area contributed by atoms with E-state index in [1.54, 1.807) is 20.8 Å². The van der Waals surface area contributed by atoms with Crippen molar-refractivity contribution in [2.75, 3.05) is 0 Å². The van der Waals surface area contributed by atoms with Crippen LogP contribution in [-0.4, -0.2) is 28.2 Å². The molecular weight excluding hydrogens is 186 g/mol. The summed E-state index contributed by atoms with van der Waals surface area (Å²) >= 11 is 0. The third kappa shape index (κ3) is 2.04. The number of esters is 1. The summed E-state index contributed by atoms with van der Waals surface area (Å²) in [6, 6.07) is 0. The normalized spacial score (nSPS) is 31.0. The number of carboxylic acids is 1. The molecule has 0 aliphatic heterocycles. The Morgan fingerprint density at radius 3 is 2.29 bits per heavy atom. The Labute approximate surface area is 82.2 Å². The van der Waals surface area contributed by atoms with Crippen molar-refractivity contribution in [3.05, 3.63) is 0 Å². The van der Waals surface area contributed by atoms with Crippen LogP contribution < -0.4 is 5.73 Å². The summed E-state index contributed by atoms with van der Waals surface area (Å²) in [6.07, 6.45) is 0.164. The molecule has 0 aromatic heterocycles. The fourth-order valence-corrected chi connectivity index (χ4v) is 1.18. The van der Waals surface area contributed by atoms with Gasteiger partial charge in [-0.15, -0.1) is 0 Å². The van der Waals surface area contributed by atoms with Gasteiger partial charge in [0.15, 0.2) is 0 Å². The van der Waals surface area contributed by atoms with Crippen LogP contribution in [0, 0.1) is 5.92 Å². The molecule has 80 valence electrons. The standard InChI is InChI=1S/C9H15NO4/c1-8(2,3)14-6(11)5-4-9(5,10)7(12)13/h5H,4,10H2,1-3H3,(H,12,13)/t5-,9+/m0/s1. The highest BCUT2D eigenvalue weighted by Crippen LogP contribution is 2.42. The third-order valence-corrected chi connectivity index (χ3v) is 2.09. The van der Waals surface area contributed by atoms with Gasteiger partial charge in [0.1, 0.15) is 11.1 Å². The number of carboxylic acid groups (broad SMARTS) is 1. The van der Waals surface area contributed by atoms with Crippen LogP contribution in [-0.2, 0) is 14.3 Å². The Bertz CT molecular complexity index is 281. The van der Waals surface area contributed by atoms with E-state index in [4.69, 9.17) is 15.6 Å². The highest BCUT2D eigenvalue weighted by Gasteiger charge is 2.63. The smallest absolute Gasteiger partial charge is 0.324 e. The van der Waals surface area contributed by atoms with E-state index in [9.17, 15) is 9.59 Å². The van der Waals surface area contributed by atoms with E-state index in [0.717, 1.165) is 0 Å². The first-order valence-corrected chi connectivity index (χ1v) is 4.42. The summed E-state index contributed by atoms with van der Waals surface area (Å²) in [5.74, 6) is -2.37. The number of aliphatic carboxylic acids is 1. The number of nitrogens with two attached hydrogens (primary N) is 1. The number of rotatable bonds is 2. The first-order chi connectivity index (χ1) is 6.17. The molecular formula is C9H15NO4. The van der Waals surface area contributed by atoms with Crippen LogP contribution in [0.5, 0.6) is 0 Å². The van der Waals surface area contributed by atoms with Crippen LogP contribution in [0.3, 0.4) is 0 Å². The fraction of sp³-hybridized carbons (Fsp3) is 0.778. The van der Waals surface area contributed by atoms with Crippen molar-refractivity contribution in [3.63, 3.8) is 0 Å². The predicted molar refractivity (Wildman–Crippen MR) is 48.5 cm³/mol. The van der Waals surface area contributed by atoms with Gasteiger partial charge in [0.05, 0.1) is 5.92 Å². The zero-order chi connectivity index (χ0) is 11.1. The highest BCUT2D eigenvalue weighted by atomic mass is 16.6. The Kier molecular flexibility index (Phi) is 2.31. The Balaban J connectivity index is 2.56. The first-order valence-electron chi connectivity index (χ1n) is 4.42. The van der Waals surface area contributed by atoms with Crippen LogP contribution in [0.25, 0.3) is 0 Å². The summed E-state index contributed by atoms with van der Waals surface area (Å²) in [6.45, 7) is 5.19. The lowest BCUT2D eigenvalue weighted by Crippen LogP contribution is -2.38. The molecule has 1 rings (SSSR count). The molecule has 1 fully saturated rings. The molecule has 0 unspecified atom stereocenters. The first kappa shape index (κ1) is 11.0. The van der Waals surface area contributed by atoms with Crippen molar-refractivity contribution in [1.82, 2.24) is 0 Å². The molecule has 0 radical (unpaired) electrons. The summed E-state index contributed by atoms with van der Waals surface area (Å²) in [7, 11) is 0. The average Bonchev–Trinajstić information content (AvgIpc) is 2.60. The molecule has 1 aliphatic carbocycles. The van der Waals surface area contributed by atoms with Gasteiger partial charge in [0.2, 0.25) is 0 Å². The van der Waals surface area contributed by atoms with E-state index in [1.807, 2.05) is 0 Å². The Hall–Kier alpha value is -1.10. The lowest BCUT2D eigenvalue weighted by molar-refractivity contribution is -0.158. The van der Waals surface area contributed by atoms with Gasteiger partial charge < -0.3 is 15.6 Å². The molecule has 0 heterocycles. The lowest BCUT2D eigenvalue weighted by Gasteiger charge is -2.19. The lowest BCUT2D eigenvalue weighted by atomic mass is 10.2. The minimum absolute atomic E-state index is 0.164. The van der Waals surface area contributed by atoms with Gasteiger partial charge in [0, 0.05) is 0 Å². The molecule has 0 bridgehead atoms. The summed E-state index contributed by atoms with van der Waals surface area (Å²) in [4.78, 5) is 22.0. The van der Waals surface area contributed by atoms with E-state index in [-0.39, 0.29) is 6.42 Å². The van der Waals surface area contributed by atoms with Gasteiger partial charge in [-0.05, 0) is 27.2 Å². The Morgan fingerprint density at radius 1 is 1.50 bits per heavy atom. The number of hydrogen-bond acceptors (Lipinski definition) is 4. The third-order valence-electron chi connectivity index (χ3n) is 2.09. The largest absolute Gasteiger partial charge is 0.480 e. The minimum atomic E-state index is -1.40. The SMILES string of the molecule is CC(C)(C)OC(=O)[C@@H]1C[C@]1(N)C(=O)O. The monoisotopic (exact) mass is 201 g/mol. The molecule has 0 saturated heterocycles. The van der Waals surface area contributed by atoms with Crippen LogP contribution in [0.4, 0.5) is 0 Å². The molecule has 3 N–H and O–H groups in total. The van der Waals surface area contributed by atoms with Crippen molar-refractivity contribution < 1.29 is 19.4 Å².